The molecule has 7 rings (SSSR count). The van der Waals surface area contributed by atoms with Gasteiger partial charge in [0.2, 0.25) is 5.91 Å². The number of carbonyl (C=O) groups excluding carboxylic acids is 2. The molecule has 0 spiro atoms. The number of aryl methyl sites for hydroxylation is 1. The monoisotopic (exact) mass is 594 g/mol. The van der Waals surface area contributed by atoms with Crippen molar-refractivity contribution in [3.05, 3.63) is 90.0 Å². The van der Waals surface area contributed by atoms with Gasteiger partial charge in [0.25, 0.3) is 0 Å². The highest BCUT2D eigenvalue weighted by Gasteiger charge is 2.58. The summed E-state index contributed by atoms with van der Waals surface area (Å²) in [6.45, 7) is 8.94. The number of para-hydroxylation sites is 1. The van der Waals surface area contributed by atoms with Crippen LogP contribution in [-0.2, 0) is 16.0 Å². The topological polar surface area (TPSA) is 59.1 Å². The Hall–Kier alpha value is -3.80. The number of hydrogen-bond donors (Lipinski definition) is 0. The number of rotatable bonds is 9. The van der Waals surface area contributed by atoms with Gasteiger partial charge in [-0.2, -0.15) is 0 Å². The maximum atomic E-state index is 14.1. The van der Waals surface area contributed by atoms with E-state index in [4.69, 9.17) is 9.47 Å². The van der Waals surface area contributed by atoms with Crippen LogP contribution in [0.15, 0.2) is 78.9 Å². The molecule has 0 unspecified atom stereocenters. The van der Waals surface area contributed by atoms with Gasteiger partial charge in [0.05, 0.1) is 7.11 Å². The van der Waals surface area contributed by atoms with E-state index in [2.05, 4.69) is 54.8 Å². The zero-order valence-corrected chi connectivity index (χ0v) is 26.6. The molecular formula is C38H46N2O4. The quantitative estimate of drug-likeness (QED) is 0.237. The third kappa shape index (κ3) is 5.96. The van der Waals surface area contributed by atoms with Crippen LogP contribution in [0.1, 0.15) is 68.8 Å². The first-order chi connectivity index (χ1) is 21.3. The van der Waals surface area contributed by atoms with Gasteiger partial charge >= 0.3 is 5.97 Å². The molecule has 1 amide bonds. The Morgan fingerprint density at radius 1 is 0.932 bits per heavy atom. The van der Waals surface area contributed by atoms with Gasteiger partial charge in [-0.05, 0) is 85.1 Å². The van der Waals surface area contributed by atoms with Crippen molar-refractivity contribution in [1.82, 2.24) is 4.90 Å². The summed E-state index contributed by atoms with van der Waals surface area (Å²) in [6, 6.07) is 26.2. The van der Waals surface area contributed by atoms with Gasteiger partial charge in [-0.1, -0.05) is 69.3 Å². The van der Waals surface area contributed by atoms with Crippen LogP contribution in [0.4, 0.5) is 5.69 Å². The van der Waals surface area contributed by atoms with E-state index >= 15 is 0 Å². The Labute approximate surface area is 262 Å². The zero-order valence-electron chi connectivity index (χ0n) is 26.6. The third-order valence-corrected chi connectivity index (χ3v) is 11.0. The van der Waals surface area contributed by atoms with E-state index in [9.17, 15) is 9.59 Å². The maximum Gasteiger partial charge on any atom is 0.341 e. The van der Waals surface area contributed by atoms with E-state index in [1.54, 1.807) is 6.07 Å². The third-order valence-electron chi connectivity index (χ3n) is 11.0. The van der Waals surface area contributed by atoms with Crippen molar-refractivity contribution in [2.75, 3.05) is 25.1 Å². The molecule has 3 aromatic rings. The first kappa shape index (κ1) is 30.2. The highest BCUT2D eigenvalue weighted by Crippen LogP contribution is 2.62. The SMILES string of the molecule is COC(=O)c1ccc(N2CCC(N(C(=O)CCc3ccccc3)[C@H]3C[C@@H]4C[C@@H]([C@H]3C)C4(C)C)CC2)cc1Oc1ccccc1. The first-order valence-corrected chi connectivity index (χ1v) is 16.3. The van der Waals surface area contributed by atoms with Crippen molar-refractivity contribution in [2.24, 2.45) is 23.2 Å². The Balaban J connectivity index is 1.19. The van der Waals surface area contributed by atoms with E-state index in [0.717, 1.165) is 44.5 Å². The number of piperidine rings is 1. The number of ether oxygens (including phenoxy) is 2. The Bertz CT molecular complexity index is 1450. The second-order valence-corrected chi connectivity index (χ2v) is 13.6. The van der Waals surface area contributed by atoms with Crippen molar-refractivity contribution >= 4 is 17.6 Å². The molecule has 0 radical (unpaired) electrons. The van der Waals surface area contributed by atoms with Gasteiger partial charge in [-0.3, -0.25) is 4.79 Å². The number of fused-ring (bicyclic) bond motifs is 2. The molecule has 6 nitrogen and oxygen atoms in total. The van der Waals surface area contributed by atoms with Crippen LogP contribution in [0.25, 0.3) is 0 Å². The van der Waals surface area contributed by atoms with Crippen molar-refractivity contribution in [3.63, 3.8) is 0 Å². The Morgan fingerprint density at radius 2 is 1.61 bits per heavy atom. The standard InChI is InChI=1S/C38H46N2O4/c1-26-33-23-28(38(33,2)3)24-34(26)40(36(41)18-15-27-11-7-5-8-12-27)29-19-21-39(22-20-29)30-16-17-32(37(42)43-4)35(25-30)44-31-13-9-6-10-14-31/h5-14,16-17,25-26,28-29,33-34H,15,18-24H2,1-4H3/t26-,28+,33+,34+/m1/s1. The fourth-order valence-corrected chi connectivity index (χ4v) is 8.26. The Kier molecular flexibility index (Phi) is 8.70. The van der Waals surface area contributed by atoms with Crippen molar-refractivity contribution in [3.8, 4) is 11.5 Å². The lowest BCUT2D eigenvalue weighted by molar-refractivity contribution is -0.164. The molecular weight excluding hydrogens is 548 g/mol. The van der Waals surface area contributed by atoms with Crippen LogP contribution in [-0.4, -0.2) is 49.1 Å². The van der Waals surface area contributed by atoms with Crippen LogP contribution in [0.3, 0.4) is 0 Å². The van der Waals surface area contributed by atoms with Gasteiger partial charge < -0.3 is 19.3 Å². The number of amides is 1. The molecule has 44 heavy (non-hydrogen) atoms. The average Bonchev–Trinajstić information content (AvgIpc) is 3.05. The van der Waals surface area contributed by atoms with E-state index in [1.165, 1.54) is 19.1 Å². The fraction of sp³-hybridized carbons (Fsp3) is 0.474. The molecule has 2 bridgehead atoms. The van der Waals surface area contributed by atoms with Gasteiger partial charge in [0, 0.05) is 43.3 Å². The zero-order chi connectivity index (χ0) is 30.8. The van der Waals surface area contributed by atoms with Crippen LogP contribution in [0.5, 0.6) is 11.5 Å². The molecule has 1 heterocycles. The molecule has 3 aliphatic carbocycles. The molecule has 3 saturated carbocycles. The summed E-state index contributed by atoms with van der Waals surface area (Å²) in [5, 5.41) is 0. The fourth-order valence-electron chi connectivity index (χ4n) is 8.26. The molecule has 6 heteroatoms. The maximum absolute atomic E-state index is 14.1. The number of anilines is 1. The second-order valence-electron chi connectivity index (χ2n) is 13.6. The predicted octanol–water partition coefficient (Wildman–Crippen LogP) is 7.77. The first-order valence-electron chi connectivity index (χ1n) is 16.3. The lowest BCUT2D eigenvalue weighted by atomic mass is 9.44. The molecule has 0 aromatic heterocycles. The minimum Gasteiger partial charge on any atom is -0.465 e. The molecule has 1 aliphatic heterocycles. The van der Waals surface area contributed by atoms with Gasteiger partial charge in [0.1, 0.15) is 17.1 Å². The minimum absolute atomic E-state index is 0.233. The van der Waals surface area contributed by atoms with Crippen LogP contribution in [0, 0.1) is 23.2 Å². The summed E-state index contributed by atoms with van der Waals surface area (Å²) >= 11 is 0. The summed E-state index contributed by atoms with van der Waals surface area (Å²) in [4.78, 5) is 31.3. The molecule has 4 atom stereocenters. The van der Waals surface area contributed by atoms with E-state index < -0.39 is 5.97 Å². The Morgan fingerprint density at radius 3 is 2.25 bits per heavy atom. The minimum atomic E-state index is -0.423. The van der Waals surface area contributed by atoms with Crippen molar-refractivity contribution < 1.29 is 19.1 Å². The molecule has 4 aliphatic rings. The number of nitrogens with zero attached hydrogens (tertiary/aromatic N) is 2. The summed E-state index contributed by atoms with van der Waals surface area (Å²) in [7, 11) is 1.39. The number of esters is 1. The molecule has 232 valence electrons. The highest BCUT2D eigenvalue weighted by molar-refractivity contribution is 5.93. The van der Waals surface area contributed by atoms with Crippen LogP contribution >= 0.6 is 0 Å². The molecule has 4 fully saturated rings. The lowest BCUT2D eigenvalue weighted by Crippen LogP contribution is -2.64. The normalized spacial score (nSPS) is 24.2. The summed E-state index contributed by atoms with van der Waals surface area (Å²) < 4.78 is 11.2. The highest BCUT2D eigenvalue weighted by atomic mass is 16.5. The van der Waals surface area contributed by atoms with Crippen molar-refractivity contribution in [2.45, 2.75) is 71.4 Å². The number of benzene rings is 3. The van der Waals surface area contributed by atoms with Gasteiger partial charge in [-0.25, -0.2) is 4.79 Å². The average molecular weight is 595 g/mol. The summed E-state index contributed by atoms with van der Waals surface area (Å²) in [5.41, 5.74) is 3.02. The van der Waals surface area contributed by atoms with Gasteiger partial charge in [0.15, 0.2) is 0 Å². The van der Waals surface area contributed by atoms with E-state index in [1.807, 2.05) is 48.5 Å². The molecule has 0 N–H and O–H groups in total. The van der Waals surface area contributed by atoms with Crippen molar-refractivity contribution in [1.29, 1.82) is 0 Å². The molecule has 1 saturated heterocycles. The second kappa shape index (κ2) is 12.7. The van der Waals surface area contributed by atoms with Gasteiger partial charge in [-0.15, -0.1) is 0 Å². The van der Waals surface area contributed by atoms with E-state index in [-0.39, 0.29) is 6.04 Å². The van der Waals surface area contributed by atoms with E-state index in [0.29, 0.717) is 58.6 Å². The predicted molar refractivity (Wildman–Crippen MR) is 174 cm³/mol. The summed E-state index contributed by atoms with van der Waals surface area (Å²) in [5.74, 6) is 2.94. The number of methoxy groups -OCH3 is 1. The lowest BCUT2D eigenvalue weighted by Gasteiger charge is -2.64. The number of hydrogen-bond acceptors (Lipinski definition) is 5. The molecule has 3 aromatic carbocycles. The smallest absolute Gasteiger partial charge is 0.341 e. The van der Waals surface area contributed by atoms with Crippen LogP contribution in [0.2, 0.25) is 0 Å². The summed E-state index contributed by atoms with van der Waals surface area (Å²) in [6.07, 6.45) is 5.62. The van der Waals surface area contributed by atoms with Crippen LogP contribution < -0.4 is 9.64 Å². The largest absolute Gasteiger partial charge is 0.465 e. The number of carbonyl (C=O) groups is 2.